The number of unbranched alkanes of at least 4 members (excludes halogenated alkanes) is 1. The number of hydrogen-bond donors (Lipinski definition) is 1. The Morgan fingerprint density at radius 3 is 2.48 bits per heavy atom. The molecule has 0 aliphatic rings. The molecule has 1 rings (SSSR count). The zero-order valence-electron chi connectivity index (χ0n) is 16.6. The van der Waals surface area contributed by atoms with Crippen molar-refractivity contribution < 1.29 is 9.32 Å². The summed E-state index contributed by atoms with van der Waals surface area (Å²) in [5.41, 5.74) is 1.32. The van der Waals surface area contributed by atoms with Crippen molar-refractivity contribution >= 4 is 28.5 Å². The molecule has 0 spiro atoms. The number of carbonyl (C=O) groups is 1. The number of halogens is 1. The lowest BCUT2D eigenvalue weighted by Gasteiger charge is -2.41. The first-order valence-electron chi connectivity index (χ1n) is 9.35. The van der Waals surface area contributed by atoms with E-state index in [1.54, 1.807) is 0 Å². The molecule has 0 saturated carbocycles. The van der Waals surface area contributed by atoms with Crippen LogP contribution in [0.1, 0.15) is 75.2 Å². The number of aromatic nitrogens is 1. The molecule has 5 nitrogen and oxygen atoms in total. The van der Waals surface area contributed by atoms with Crippen LogP contribution in [-0.2, 0) is 4.43 Å². The highest BCUT2D eigenvalue weighted by molar-refractivity contribution is 14.1. The number of alkyl halides is 1. The molecule has 0 aliphatic heterocycles. The quantitative estimate of drug-likeness (QED) is 0.386. The third-order valence-corrected chi connectivity index (χ3v) is 6.20. The van der Waals surface area contributed by atoms with Gasteiger partial charge in [0, 0.05) is 23.6 Å². The van der Waals surface area contributed by atoms with Crippen molar-refractivity contribution in [3.05, 3.63) is 17.0 Å². The molecule has 1 heterocycles. The van der Waals surface area contributed by atoms with Crippen molar-refractivity contribution in [2.45, 2.75) is 70.8 Å². The summed E-state index contributed by atoms with van der Waals surface area (Å²) in [5, 5.41) is 7.16. The molecule has 1 N–H and O–H groups in total. The zero-order valence-corrected chi connectivity index (χ0v) is 18.8. The third kappa shape index (κ3) is 5.67. The molecule has 1 unspecified atom stereocenters. The van der Waals surface area contributed by atoms with E-state index in [1.165, 1.54) is 12.8 Å². The van der Waals surface area contributed by atoms with Crippen LogP contribution >= 0.6 is 22.6 Å². The normalized spacial score (nSPS) is 13.3. The van der Waals surface area contributed by atoms with Gasteiger partial charge >= 0.3 is 0 Å². The molecular weight excluding hydrogens is 429 g/mol. The Bertz CT molecular complexity index is 541. The van der Waals surface area contributed by atoms with E-state index in [9.17, 15) is 4.79 Å². The molecule has 0 bridgehead atoms. The number of carbonyl (C=O) groups excluding carboxylic acids is 1. The van der Waals surface area contributed by atoms with E-state index in [1.807, 2.05) is 6.92 Å². The number of nitrogens with one attached hydrogen (secondary N) is 1. The van der Waals surface area contributed by atoms with Crippen LogP contribution in [0.4, 0.5) is 0 Å². The molecule has 1 amide bonds. The average molecular weight is 463 g/mol. The molecule has 1 atom stereocenters. The predicted octanol–water partition coefficient (Wildman–Crippen LogP) is 4.57. The Morgan fingerprint density at radius 1 is 1.36 bits per heavy atom. The van der Waals surface area contributed by atoms with Crippen molar-refractivity contribution in [2.24, 2.45) is 5.41 Å². The second-order valence-electron chi connectivity index (χ2n) is 7.07. The van der Waals surface area contributed by atoms with E-state index in [4.69, 9.17) is 4.52 Å². The molecule has 6 heteroatoms. The lowest BCUT2D eigenvalue weighted by Crippen LogP contribution is -2.51. The minimum absolute atomic E-state index is 0.0574. The van der Waals surface area contributed by atoms with Crippen LogP contribution in [0.2, 0.25) is 0 Å². The number of hydrogen-bond acceptors (Lipinski definition) is 4. The lowest BCUT2D eigenvalue weighted by atomic mass is 9.75. The smallest absolute Gasteiger partial charge is 0.273 e. The van der Waals surface area contributed by atoms with Gasteiger partial charge in [0.05, 0.1) is 4.43 Å². The Hall–Kier alpha value is -0.630. The summed E-state index contributed by atoms with van der Waals surface area (Å²) in [4.78, 5) is 15.1. The molecule has 0 saturated heterocycles. The summed E-state index contributed by atoms with van der Waals surface area (Å²) in [7, 11) is 2.18. The van der Waals surface area contributed by atoms with Gasteiger partial charge in [-0.2, -0.15) is 0 Å². The van der Waals surface area contributed by atoms with E-state index in [-0.39, 0.29) is 17.4 Å². The average Bonchev–Trinajstić information content (AvgIpc) is 2.98. The highest BCUT2D eigenvalue weighted by Gasteiger charge is 2.35. The van der Waals surface area contributed by atoms with Crippen LogP contribution in [0.5, 0.6) is 0 Å². The number of amides is 1. The van der Waals surface area contributed by atoms with Gasteiger partial charge in [-0.25, -0.2) is 0 Å². The van der Waals surface area contributed by atoms with Gasteiger partial charge in [0.25, 0.3) is 5.91 Å². The molecule has 1 aromatic heterocycles. The first kappa shape index (κ1) is 22.4. The van der Waals surface area contributed by atoms with Crippen molar-refractivity contribution in [1.82, 2.24) is 15.4 Å². The van der Waals surface area contributed by atoms with Crippen LogP contribution < -0.4 is 5.32 Å². The first-order chi connectivity index (χ1) is 11.8. The summed E-state index contributed by atoms with van der Waals surface area (Å²) in [5.74, 6) is 0.641. The molecule has 0 aliphatic carbocycles. The molecule has 1 aromatic rings. The summed E-state index contributed by atoms with van der Waals surface area (Å²) >= 11 is 2.22. The number of nitrogens with zero attached hydrogens (tertiary/aromatic N) is 2. The third-order valence-electron chi connectivity index (χ3n) is 5.51. The molecule has 0 radical (unpaired) electrons. The standard InChI is InChI=1S/C19H34IN3O2/c1-7-10-11-23(6)13-19(8-2,9-3)15(5)21-18(24)17-14(4)16(12-20)25-22-17/h15H,7-13H2,1-6H3,(H,21,24). The fourth-order valence-electron chi connectivity index (χ4n) is 3.39. The van der Waals surface area contributed by atoms with Crippen molar-refractivity contribution in [1.29, 1.82) is 0 Å². The van der Waals surface area contributed by atoms with E-state index < -0.39 is 0 Å². The van der Waals surface area contributed by atoms with Gasteiger partial charge in [-0.1, -0.05) is 54.9 Å². The summed E-state index contributed by atoms with van der Waals surface area (Å²) in [6.45, 7) is 12.7. The van der Waals surface area contributed by atoms with Crippen LogP contribution in [0, 0.1) is 12.3 Å². The maximum atomic E-state index is 12.7. The molecule has 0 fully saturated rings. The Kier molecular flexibility index (Phi) is 9.41. The van der Waals surface area contributed by atoms with Crippen LogP contribution in [0.25, 0.3) is 0 Å². The zero-order chi connectivity index (χ0) is 19.0. The maximum absolute atomic E-state index is 12.7. The Labute approximate surface area is 166 Å². The van der Waals surface area contributed by atoms with Crippen molar-refractivity contribution in [3.63, 3.8) is 0 Å². The van der Waals surface area contributed by atoms with Gasteiger partial charge in [-0.15, -0.1) is 0 Å². The highest BCUT2D eigenvalue weighted by Crippen LogP contribution is 2.32. The highest BCUT2D eigenvalue weighted by atomic mass is 127. The predicted molar refractivity (Wildman–Crippen MR) is 111 cm³/mol. The van der Waals surface area contributed by atoms with Crippen molar-refractivity contribution in [2.75, 3.05) is 20.1 Å². The van der Waals surface area contributed by atoms with Crippen LogP contribution in [0.3, 0.4) is 0 Å². The fraction of sp³-hybridized carbons (Fsp3) is 0.789. The van der Waals surface area contributed by atoms with Gasteiger partial charge in [-0.05, 0) is 46.7 Å². The van der Waals surface area contributed by atoms with Gasteiger partial charge < -0.3 is 14.7 Å². The summed E-state index contributed by atoms with van der Waals surface area (Å²) < 4.78 is 5.99. The van der Waals surface area contributed by atoms with Gasteiger partial charge in [0.2, 0.25) is 0 Å². The van der Waals surface area contributed by atoms with E-state index >= 15 is 0 Å². The first-order valence-corrected chi connectivity index (χ1v) is 10.9. The van der Waals surface area contributed by atoms with E-state index in [2.05, 4.69) is 72.7 Å². The maximum Gasteiger partial charge on any atom is 0.273 e. The molecular formula is C19H34IN3O2. The molecule has 144 valence electrons. The second-order valence-corrected chi connectivity index (χ2v) is 7.83. The molecule has 25 heavy (non-hydrogen) atoms. The van der Waals surface area contributed by atoms with Crippen LogP contribution in [0.15, 0.2) is 4.52 Å². The van der Waals surface area contributed by atoms with Crippen LogP contribution in [-0.4, -0.2) is 42.1 Å². The van der Waals surface area contributed by atoms with Gasteiger partial charge in [-0.3, -0.25) is 4.79 Å². The topological polar surface area (TPSA) is 58.4 Å². The van der Waals surface area contributed by atoms with E-state index in [0.29, 0.717) is 5.69 Å². The van der Waals surface area contributed by atoms with Gasteiger partial charge in [0.15, 0.2) is 5.69 Å². The Morgan fingerprint density at radius 2 is 2.00 bits per heavy atom. The lowest BCUT2D eigenvalue weighted by molar-refractivity contribution is 0.0795. The van der Waals surface area contributed by atoms with E-state index in [0.717, 1.165) is 41.7 Å². The Balaban J connectivity index is 2.85. The fourth-order valence-corrected chi connectivity index (χ4v) is 4.10. The SMILES string of the molecule is CCCCN(C)CC(CC)(CC)C(C)NC(=O)c1noc(CI)c1C. The minimum Gasteiger partial charge on any atom is -0.359 e. The molecule has 0 aromatic carbocycles. The summed E-state index contributed by atoms with van der Waals surface area (Å²) in [6, 6.07) is 0.0678. The number of rotatable bonds is 11. The van der Waals surface area contributed by atoms with Crippen molar-refractivity contribution in [3.8, 4) is 0 Å². The summed E-state index contributed by atoms with van der Waals surface area (Å²) in [6.07, 6.45) is 4.46. The van der Waals surface area contributed by atoms with Gasteiger partial charge in [0.1, 0.15) is 5.76 Å². The minimum atomic E-state index is -0.132. The monoisotopic (exact) mass is 463 g/mol. The largest absolute Gasteiger partial charge is 0.359 e. The second kappa shape index (κ2) is 10.5.